The molecule has 118 valence electrons. The van der Waals surface area contributed by atoms with Gasteiger partial charge in [0.25, 0.3) is 0 Å². The highest BCUT2D eigenvalue weighted by atomic mass is 32.2. The molecule has 2 aromatic rings. The lowest BCUT2D eigenvalue weighted by Gasteiger charge is -2.26. The highest BCUT2D eigenvalue weighted by Gasteiger charge is 2.25. The molecule has 22 heavy (non-hydrogen) atoms. The topological polar surface area (TPSA) is 39.9 Å². The van der Waals surface area contributed by atoms with Gasteiger partial charge in [0, 0.05) is 31.9 Å². The molecular formula is C17H23N3OS. The normalized spacial score (nSPS) is 21.5. The first-order valence-electron chi connectivity index (χ1n) is 8.38. The summed E-state index contributed by atoms with van der Waals surface area (Å²) in [5.41, 5.74) is 2.13. The van der Waals surface area contributed by atoms with Crippen LogP contribution >= 0.6 is 11.8 Å². The second-order valence-corrected chi connectivity index (χ2v) is 7.59. The molecule has 4 nitrogen and oxygen atoms in total. The van der Waals surface area contributed by atoms with Crippen molar-refractivity contribution in [2.45, 2.75) is 38.1 Å². The fraction of sp³-hybridized carbons (Fsp3) is 0.647. The number of fused-ring (bicyclic) bond motifs is 1. The molecule has 4 heterocycles. The van der Waals surface area contributed by atoms with Crippen LogP contribution in [0, 0.1) is 5.92 Å². The van der Waals surface area contributed by atoms with Gasteiger partial charge in [0.2, 0.25) is 0 Å². The van der Waals surface area contributed by atoms with Crippen molar-refractivity contribution in [3.63, 3.8) is 0 Å². The Labute approximate surface area is 135 Å². The SMILES string of the molecule is c1cnc2c(c1)nc(C1CCSCC1)n2CC1CCOCC1. The van der Waals surface area contributed by atoms with Crippen molar-refractivity contribution in [2.75, 3.05) is 24.7 Å². The van der Waals surface area contributed by atoms with Gasteiger partial charge in [-0.2, -0.15) is 11.8 Å². The summed E-state index contributed by atoms with van der Waals surface area (Å²) in [6, 6.07) is 4.10. The molecule has 2 aliphatic rings. The molecule has 2 aliphatic heterocycles. The number of imidazole rings is 1. The smallest absolute Gasteiger partial charge is 0.159 e. The van der Waals surface area contributed by atoms with Gasteiger partial charge in [-0.15, -0.1) is 0 Å². The highest BCUT2D eigenvalue weighted by Crippen LogP contribution is 2.33. The fourth-order valence-electron chi connectivity index (χ4n) is 3.61. The second-order valence-electron chi connectivity index (χ2n) is 6.37. The Kier molecular flexibility index (Phi) is 4.35. The zero-order valence-corrected chi connectivity index (χ0v) is 13.7. The van der Waals surface area contributed by atoms with Crippen LogP contribution in [0.3, 0.4) is 0 Å². The third-order valence-electron chi connectivity index (χ3n) is 4.90. The Morgan fingerprint density at radius 2 is 2.00 bits per heavy atom. The molecule has 0 amide bonds. The minimum atomic E-state index is 0.607. The maximum Gasteiger partial charge on any atom is 0.159 e. The third-order valence-corrected chi connectivity index (χ3v) is 5.95. The van der Waals surface area contributed by atoms with Gasteiger partial charge in [0.1, 0.15) is 11.3 Å². The molecule has 2 fully saturated rings. The van der Waals surface area contributed by atoms with Crippen LogP contribution in [0.5, 0.6) is 0 Å². The van der Waals surface area contributed by atoms with Crippen LogP contribution in [0.15, 0.2) is 18.3 Å². The monoisotopic (exact) mass is 317 g/mol. The predicted molar refractivity (Wildman–Crippen MR) is 90.4 cm³/mol. The van der Waals surface area contributed by atoms with Gasteiger partial charge in [-0.3, -0.25) is 0 Å². The first kappa shape index (κ1) is 14.5. The molecule has 5 heteroatoms. The zero-order chi connectivity index (χ0) is 14.8. The van der Waals surface area contributed by atoms with Crippen LogP contribution in [0.2, 0.25) is 0 Å². The number of pyridine rings is 1. The number of ether oxygens (including phenoxy) is 1. The molecular weight excluding hydrogens is 294 g/mol. The van der Waals surface area contributed by atoms with Crippen molar-refractivity contribution in [3.8, 4) is 0 Å². The average Bonchev–Trinajstić information content (AvgIpc) is 2.95. The fourth-order valence-corrected chi connectivity index (χ4v) is 4.72. The molecule has 0 radical (unpaired) electrons. The minimum Gasteiger partial charge on any atom is -0.381 e. The minimum absolute atomic E-state index is 0.607. The average molecular weight is 317 g/mol. The molecule has 0 spiro atoms. The maximum atomic E-state index is 5.51. The highest BCUT2D eigenvalue weighted by molar-refractivity contribution is 7.99. The van der Waals surface area contributed by atoms with E-state index in [0.717, 1.165) is 43.8 Å². The van der Waals surface area contributed by atoms with Gasteiger partial charge in [-0.05, 0) is 55.2 Å². The molecule has 0 unspecified atom stereocenters. The molecule has 0 atom stereocenters. The lowest BCUT2D eigenvalue weighted by molar-refractivity contribution is 0.0612. The summed E-state index contributed by atoms with van der Waals surface area (Å²) in [7, 11) is 0. The van der Waals surface area contributed by atoms with E-state index in [9.17, 15) is 0 Å². The van der Waals surface area contributed by atoms with E-state index in [1.165, 1.54) is 30.2 Å². The summed E-state index contributed by atoms with van der Waals surface area (Å²) in [5.74, 6) is 5.11. The largest absolute Gasteiger partial charge is 0.381 e. The summed E-state index contributed by atoms with van der Waals surface area (Å²) in [6.07, 6.45) is 6.72. The van der Waals surface area contributed by atoms with Gasteiger partial charge >= 0.3 is 0 Å². The van der Waals surface area contributed by atoms with E-state index < -0.39 is 0 Å². The van der Waals surface area contributed by atoms with Crippen LogP contribution in [0.4, 0.5) is 0 Å². The van der Waals surface area contributed by atoms with E-state index in [-0.39, 0.29) is 0 Å². The van der Waals surface area contributed by atoms with Gasteiger partial charge in [0.05, 0.1) is 0 Å². The molecule has 0 N–H and O–H groups in total. The van der Waals surface area contributed by atoms with Crippen LogP contribution in [-0.4, -0.2) is 39.3 Å². The molecule has 0 aliphatic carbocycles. The Balaban J connectivity index is 1.69. The molecule has 0 aromatic carbocycles. The Hall–Kier alpha value is -1.07. The van der Waals surface area contributed by atoms with E-state index in [0.29, 0.717) is 11.8 Å². The van der Waals surface area contributed by atoms with Gasteiger partial charge in [-0.1, -0.05) is 0 Å². The van der Waals surface area contributed by atoms with Crippen molar-refractivity contribution in [1.82, 2.24) is 14.5 Å². The van der Waals surface area contributed by atoms with E-state index >= 15 is 0 Å². The van der Waals surface area contributed by atoms with Crippen LogP contribution < -0.4 is 0 Å². The lowest BCUT2D eigenvalue weighted by Crippen LogP contribution is -2.23. The first-order chi connectivity index (χ1) is 10.9. The summed E-state index contributed by atoms with van der Waals surface area (Å²) < 4.78 is 7.93. The maximum absolute atomic E-state index is 5.51. The molecule has 2 saturated heterocycles. The lowest BCUT2D eigenvalue weighted by atomic mass is 9.98. The number of hydrogen-bond acceptors (Lipinski definition) is 4. The van der Waals surface area contributed by atoms with Gasteiger partial charge in [0.15, 0.2) is 5.65 Å². The standard InChI is InChI=1S/C17H23N3OS/c1-2-15-17(18-7-1)20(12-13-3-8-21-9-4-13)16(19-15)14-5-10-22-11-6-14/h1-2,7,13-14H,3-6,8-12H2. The van der Waals surface area contributed by atoms with Crippen molar-refractivity contribution in [3.05, 3.63) is 24.2 Å². The molecule has 2 aromatic heterocycles. The summed E-state index contributed by atoms with van der Waals surface area (Å²) in [6.45, 7) is 2.86. The number of thioether (sulfide) groups is 1. The summed E-state index contributed by atoms with van der Waals surface area (Å²) >= 11 is 2.07. The zero-order valence-electron chi connectivity index (χ0n) is 12.9. The van der Waals surface area contributed by atoms with Crippen molar-refractivity contribution in [2.24, 2.45) is 5.92 Å². The quantitative estimate of drug-likeness (QED) is 0.869. The molecule has 0 saturated carbocycles. The first-order valence-corrected chi connectivity index (χ1v) is 9.54. The molecule has 4 rings (SSSR count). The van der Waals surface area contributed by atoms with Gasteiger partial charge in [-0.25, -0.2) is 9.97 Å². The second kappa shape index (κ2) is 6.59. The van der Waals surface area contributed by atoms with Crippen LogP contribution in [0.1, 0.15) is 37.4 Å². The van der Waals surface area contributed by atoms with Crippen molar-refractivity contribution in [1.29, 1.82) is 0 Å². The van der Waals surface area contributed by atoms with Crippen molar-refractivity contribution < 1.29 is 4.74 Å². The Bertz CT molecular complexity index is 630. The van der Waals surface area contributed by atoms with Crippen LogP contribution in [0.25, 0.3) is 11.2 Å². The Morgan fingerprint density at radius 1 is 1.18 bits per heavy atom. The number of rotatable bonds is 3. The number of hydrogen-bond donors (Lipinski definition) is 0. The van der Waals surface area contributed by atoms with E-state index in [1.807, 2.05) is 12.3 Å². The number of nitrogens with zero attached hydrogens (tertiary/aromatic N) is 3. The predicted octanol–water partition coefficient (Wildman–Crippen LogP) is 3.47. The van der Waals surface area contributed by atoms with Crippen LogP contribution in [-0.2, 0) is 11.3 Å². The van der Waals surface area contributed by atoms with E-state index in [1.54, 1.807) is 0 Å². The van der Waals surface area contributed by atoms with E-state index in [4.69, 9.17) is 9.72 Å². The Morgan fingerprint density at radius 3 is 2.82 bits per heavy atom. The van der Waals surface area contributed by atoms with Crippen molar-refractivity contribution >= 4 is 22.9 Å². The number of aromatic nitrogens is 3. The third kappa shape index (κ3) is 2.88. The van der Waals surface area contributed by atoms with Gasteiger partial charge < -0.3 is 9.30 Å². The van der Waals surface area contributed by atoms with E-state index in [2.05, 4.69) is 27.4 Å². The summed E-state index contributed by atoms with van der Waals surface area (Å²) in [4.78, 5) is 9.59. The summed E-state index contributed by atoms with van der Waals surface area (Å²) in [5, 5.41) is 0. The molecule has 0 bridgehead atoms.